The van der Waals surface area contributed by atoms with Crippen molar-refractivity contribution in [1.82, 2.24) is 39.7 Å². The van der Waals surface area contributed by atoms with Gasteiger partial charge in [-0.05, 0) is 70.1 Å². The molecule has 0 bridgehead atoms. The molecule has 3 atom stereocenters. The number of anilines is 1. The molecule has 3 aromatic heterocycles. The second-order valence-corrected chi connectivity index (χ2v) is 15.0. The second-order valence-electron chi connectivity index (χ2n) is 15.0. The molecule has 1 saturated heterocycles. The van der Waals surface area contributed by atoms with Crippen molar-refractivity contribution in [2.45, 2.75) is 89.4 Å². The van der Waals surface area contributed by atoms with Gasteiger partial charge in [0.1, 0.15) is 18.0 Å². The molecule has 0 spiro atoms. The van der Waals surface area contributed by atoms with Gasteiger partial charge in [-0.25, -0.2) is 9.59 Å². The fourth-order valence-electron chi connectivity index (χ4n) is 7.24. The summed E-state index contributed by atoms with van der Waals surface area (Å²) in [5.41, 5.74) is 3.42. The van der Waals surface area contributed by atoms with Crippen LogP contribution in [0.1, 0.15) is 85.9 Å². The van der Waals surface area contributed by atoms with Crippen molar-refractivity contribution in [1.29, 1.82) is 0 Å². The summed E-state index contributed by atoms with van der Waals surface area (Å²) < 4.78 is 32.7. The van der Waals surface area contributed by atoms with Crippen LogP contribution in [0.25, 0.3) is 11.0 Å². The maximum atomic E-state index is 13.0. The Hall–Kier alpha value is -5.37. The zero-order valence-electron chi connectivity index (χ0n) is 33.9. The van der Waals surface area contributed by atoms with Crippen LogP contribution in [0.4, 0.5) is 10.6 Å². The first-order valence-electron chi connectivity index (χ1n) is 20.3. The lowest BCUT2D eigenvalue weighted by Crippen LogP contribution is -2.44. The van der Waals surface area contributed by atoms with Gasteiger partial charge < -0.3 is 34.3 Å². The summed E-state index contributed by atoms with van der Waals surface area (Å²) in [4.78, 5) is 61.7. The number of aromatic nitrogens is 6. The summed E-state index contributed by atoms with van der Waals surface area (Å²) in [6.45, 7) is 7.82. The van der Waals surface area contributed by atoms with Crippen LogP contribution in [0.3, 0.4) is 0 Å². The summed E-state index contributed by atoms with van der Waals surface area (Å²) in [7, 11) is 1.69. The molecule has 4 heterocycles. The molecule has 2 fully saturated rings. The maximum Gasteiger partial charge on any atom is 0.407 e. The van der Waals surface area contributed by atoms with Crippen molar-refractivity contribution in [2.24, 2.45) is 7.05 Å². The Morgan fingerprint density at radius 3 is 2.37 bits per heavy atom. The summed E-state index contributed by atoms with van der Waals surface area (Å²) in [5.74, 6) is -0.447. The van der Waals surface area contributed by atoms with Gasteiger partial charge in [-0.15, -0.1) is 0 Å². The topological polar surface area (TPSA) is 224 Å². The number of nitrogens with one attached hydrogen (secondary N) is 4. The van der Waals surface area contributed by atoms with E-state index in [0.717, 1.165) is 42.5 Å². The van der Waals surface area contributed by atoms with Crippen molar-refractivity contribution in [3.05, 3.63) is 64.0 Å². The molecular weight excluding hydrogens is 766 g/mol. The van der Waals surface area contributed by atoms with Crippen LogP contribution < -0.4 is 21.6 Å². The molecule has 1 aliphatic carbocycles. The predicted molar refractivity (Wildman–Crippen MR) is 214 cm³/mol. The number of aromatic amines is 1. The minimum absolute atomic E-state index is 0.0151. The Labute approximate surface area is 341 Å². The summed E-state index contributed by atoms with van der Waals surface area (Å²) in [5, 5.41) is 19.4. The average Bonchev–Trinajstić information content (AvgIpc) is 4.02. The Balaban J connectivity index is 0.759. The molecule has 59 heavy (non-hydrogen) atoms. The van der Waals surface area contributed by atoms with Gasteiger partial charge in [0, 0.05) is 44.3 Å². The van der Waals surface area contributed by atoms with Gasteiger partial charge in [0.05, 0.1) is 81.3 Å². The first-order valence-corrected chi connectivity index (χ1v) is 20.3. The van der Waals surface area contributed by atoms with Crippen LogP contribution in [0.5, 0.6) is 0 Å². The number of piperidine rings is 1. The maximum absolute atomic E-state index is 13.0. The molecule has 4 amide bonds. The molecule has 4 aromatic rings. The molecule has 19 nitrogen and oxygen atoms in total. The number of ether oxygens (including phenoxy) is 5. The van der Waals surface area contributed by atoms with Gasteiger partial charge in [0.2, 0.25) is 11.8 Å². The van der Waals surface area contributed by atoms with Crippen LogP contribution in [0, 0.1) is 0 Å². The summed E-state index contributed by atoms with van der Waals surface area (Å²) >= 11 is 0. The minimum atomic E-state index is -0.701. The Kier molecular flexibility index (Phi) is 15.4. The standard InChI is InChI=1S/C40H55N9O10/c1-26(2)42-39(53)59-30-8-7-28(22-30)31-23-35(46-45-31)43-37(51)29-24-41-48(25-29)12-14-56-16-18-58-20-19-57-17-15-55-13-4-5-27-6-9-32-34(21-27)47(3)40(54)49(32)33-10-11-36(50)44-38(33)52/h6,9,21,23-26,28,30,33H,4-5,7-8,10-20,22H2,1-3H3,(H,42,53)(H,44,50,52)(H2,43,45,46,51)/t28-,30+,33?/m0/s1. The lowest BCUT2D eigenvalue weighted by atomic mass is 10.0. The van der Waals surface area contributed by atoms with Crippen LogP contribution in [0.2, 0.25) is 0 Å². The monoisotopic (exact) mass is 821 g/mol. The molecule has 0 radical (unpaired) electrons. The van der Waals surface area contributed by atoms with Crippen LogP contribution in [-0.4, -0.2) is 118 Å². The van der Waals surface area contributed by atoms with Crippen LogP contribution in [0.15, 0.2) is 41.5 Å². The van der Waals surface area contributed by atoms with Gasteiger partial charge in [0.25, 0.3) is 5.91 Å². The normalized spacial score (nSPS) is 18.1. The highest BCUT2D eigenvalue weighted by atomic mass is 16.6. The first kappa shape index (κ1) is 43.2. The number of aryl methyl sites for hydroxylation is 2. The molecule has 1 aliphatic heterocycles. The first-order chi connectivity index (χ1) is 28.5. The van der Waals surface area contributed by atoms with E-state index in [0.29, 0.717) is 89.1 Å². The Bertz CT molecular complexity index is 2100. The van der Waals surface area contributed by atoms with Crippen molar-refractivity contribution in [3.8, 4) is 0 Å². The number of amides is 4. The number of hydrogen-bond donors (Lipinski definition) is 4. The summed E-state index contributed by atoms with van der Waals surface area (Å²) in [6.07, 6.45) is 6.95. The van der Waals surface area contributed by atoms with Gasteiger partial charge in [-0.1, -0.05) is 6.07 Å². The highest BCUT2D eigenvalue weighted by Gasteiger charge is 2.32. The number of H-pyrrole nitrogens is 1. The van der Waals surface area contributed by atoms with E-state index in [1.165, 1.54) is 15.3 Å². The Morgan fingerprint density at radius 2 is 1.64 bits per heavy atom. The van der Waals surface area contributed by atoms with E-state index in [2.05, 4.69) is 31.2 Å². The third-order valence-corrected chi connectivity index (χ3v) is 10.2. The molecule has 6 rings (SSSR count). The quantitative estimate of drug-likeness (QED) is 0.0664. The highest BCUT2D eigenvalue weighted by Crippen LogP contribution is 2.36. The minimum Gasteiger partial charge on any atom is -0.446 e. The highest BCUT2D eigenvalue weighted by molar-refractivity contribution is 6.03. The number of imidazole rings is 1. The number of carbonyl (C=O) groups excluding carboxylic acids is 4. The molecule has 2 aliphatic rings. The fourth-order valence-corrected chi connectivity index (χ4v) is 7.24. The largest absolute Gasteiger partial charge is 0.446 e. The molecule has 320 valence electrons. The van der Waals surface area contributed by atoms with E-state index in [-0.39, 0.29) is 42.0 Å². The van der Waals surface area contributed by atoms with Gasteiger partial charge in [-0.2, -0.15) is 10.2 Å². The number of imide groups is 1. The van der Waals surface area contributed by atoms with Gasteiger partial charge in [-0.3, -0.25) is 38.6 Å². The van der Waals surface area contributed by atoms with Crippen LogP contribution in [-0.2, 0) is 53.3 Å². The number of nitrogens with zero attached hydrogens (tertiary/aromatic N) is 5. The third kappa shape index (κ3) is 12.1. The Morgan fingerprint density at radius 1 is 0.915 bits per heavy atom. The lowest BCUT2D eigenvalue weighted by Gasteiger charge is -2.21. The van der Waals surface area contributed by atoms with Crippen LogP contribution >= 0.6 is 0 Å². The predicted octanol–water partition coefficient (Wildman–Crippen LogP) is 2.96. The number of carbonyl (C=O) groups is 4. The number of alkyl carbamates (subject to hydrolysis) is 1. The van der Waals surface area contributed by atoms with Gasteiger partial charge in [0.15, 0.2) is 0 Å². The summed E-state index contributed by atoms with van der Waals surface area (Å²) in [6, 6.07) is 6.91. The molecule has 1 saturated carbocycles. The molecular formula is C40H55N9O10. The van der Waals surface area contributed by atoms with E-state index in [1.807, 2.05) is 38.1 Å². The molecule has 19 heteroatoms. The van der Waals surface area contributed by atoms with Crippen molar-refractivity contribution >= 4 is 40.7 Å². The zero-order valence-corrected chi connectivity index (χ0v) is 33.9. The smallest absolute Gasteiger partial charge is 0.407 e. The van der Waals surface area contributed by atoms with E-state index < -0.39 is 18.0 Å². The van der Waals surface area contributed by atoms with Crippen molar-refractivity contribution < 1.29 is 42.9 Å². The van der Waals surface area contributed by atoms with E-state index in [9.17, 15) is 24.0 Å². The molecule has 1 unspecified atom stereocenters. The van der Waals surface area contributed by atoms with E-state index in [4.69, 9.17) is 23.7 Å². The van der Waals surface area contributed by atoms with E-state index in [1.54, 1.807) is 17.9 Å². The second kappa shape index (κ2) is 21.1. The van der Waals surface area contributed by atoms with Crippen molar-refractivity contribution in [2.75, 3.05) is 58.2 Å². The number of hydrogen-bond acceptors (Lipinski definition) is 12. The third-order valence-electron chi connectivity index (χ3n) is 10.2. The number of benzene rings is 1. The SMILES string of the molecule is CC(C)NC(=O)O[C@@H]1CC[C@H](c2cc(NC(=O)c3cnn(CCOCCOCCOCCOCCCc4ccc5c(c4)n(C)c(=O)n5C4CCC(=O)NC4=O)c3)[nH]n2)C1. The fraction of sp³-hybridized carbons (Fsp3) is 0.575. The molecule has 4 N–H and O–H groups in total. The van der Waals surface area contributed by atoms with E-state index >= 15 is 0 Å². The van der Waals surface area contributed by atoms with Gasteiger partial charge >= 0.3 is 11.8 Å². The average molecular weight is 822 g/mol. The van der Waals surface area contributed by atoms with Crippen molar-refractivity contribution in [3.63, 3.8) is 0 Å². The lowest BCUT2D eigenvalue weighted by molar-refractivity contribution is -0.135. The number of fused-ring (bicyclic) bond motifs is 1. The zero-order chi connectivity index (χ0) is 41.7. The number of rotatable bonds is 22. The molecule has 1 aromatic carbocycles.